The van der Waals surface area contributed by atoms with E-state index in [0.29, 0.717) is 27.2 Å². The first kappa shape index (κ1) is 17.7. The largest absolute Gasteiger partial charge is 0.350 e. The van der Waals surface area contributed by atoms with Crippen molar-refractivity contribution in [3.63, 3.8) is 0 Å². The molecule has 0 spiro atoms. The maximum Gasteiger partial charge on any atom is 0.277 e. The minimum atomic E-state index is -0.454. The van der Waals surface area contributed by atoms with E-state index in [1.54, 1.807) is 7.05 Å². The normalized spacial score (nSPS) is 10.9. The van der Waals surface area contributed by atoms with E-state index in [1.807, 2.05) is 13.8 Å². The fourth-order valence-corrected chi connectivity index (χ4v) is 2.45. The van der Waals surface area contributed by atoms with Crippen molar-refractivity contribution in [1.82, 2.24) is 25.3 Å². The summed E-state index contributed by atoms with van der Waals surface area (Å²) in [6.07, 6.45) is 1.43. The molecule has 2 amide bonds. The van der Waals surface area contributed by atoms with Crippen LogP contribution in [-0.2, 0) is 7.05 Å². The third-order valence-electron chi connectivity index (χ3n) is 2.95. The standard InChI is InChI=1S/C13H16Br2N6O2/c1-6(2)4-16-13(23)10-7(5-17-21(10)3)18-12(22)9-8(14)11(15)20-19-9/h5-6H,4H2,1-3H3,(H,16,23)(H,18,22)(H,19,20). The first-order chi connectivity index (χ1) is 10.8. The molecule has 0 aliphatic carbocycles. The van der Waals surface area contributed by atoms with Crippen molar-refractivity contribution < 1.29 is 9.59 Å². The summed E-state index contributed by atoms with van der Waals surface area (Å²) in [5, 5.41) is 16.0. The van der Waals surface area contributed by atoms with Gasteiger partial charge >= 0.3 is 0 Å². The van der Waals surface area contributed by atoms with E-state index in [9.17, 15) is 9.59 Å². The average molecular weight is 448 g/mol. The van der Waals surface area contributed by atoms with Crippen LogP contribution >= 0.6 is 31.9 Å². The van der Waals surface area contributed by atoms with Crippen LogP contribution in [0.3, 0.4) is 0 Å². The molecule has 8 nitrogen and oxygen atoms in total. The summed E-state index contributed by atoms with van der Waals surface area (Å²) in [6.45, 7) is 4.54. The number of nitrogens with one attached hydrogen (secondary N) is 3. The minimum absolute atomic E-state index is 0.175. The van der Waals surface area contributed by atoms with Crippen LogP contribution in [0.1, 0.15) is 34.8 Å². The molecule has 0 aromatic carbocycles. The van der Waals surface area contributed by atoms with Gasteiger partial charge in [-0.2, -0.15) is 10.2 Å². The van der Waals surface area contributed by atoms with Crippen LogP contribution in [0.15, 0.2) is 15.3 Å². The lowest BCUT2D eigenvalue weighted by Crippen LogP contribution is -2.30. The molecule has 124 valence electrons. The predicted molar refractivity (Wildman–Crippen MR) is 92.3 cm³/mol. The summed E-state index contributed by atoms with van der Waals surface area (Å²) in [5.74, 6) is -0.427. The van der Waals surface area contributed by atoms with E-state index in [-0.39, 0.29) is 17.3 Å². The van der Waals surface area contributed by atoms with Gasteiger partial charge < -0.3 is 10.6 Å². The Morgan fingerprint density at radius 2 is 2.04 bits per heavy atom. The van der Waals surface area contributed by atoms with Gasteiger partial charge in [0.1, 0.15) is 10.3 Å². The number of hydrogen-bond donors (Lipinski definition) is 3. The van der Waals surface area contributed by atoms with Gasteiger partial charge in [0.2, 0.25) is 0 Å². The molecule has 0 fully saturated rings. The molecule has 0 unspecified atom stereocenters. The monoisotopic (exact) mass is 446 g/mol. The highest BCUT2D eigenvalue weighted by Gasteiger charge is 2.22. The zero-order valence-corrected chi connectivity index (χ0v) is 15.9. The molecule has 2 heterocycles. The highest BCUT2D eigenvalue weighted by molar-refractivity contribution is 9.13. The maximum absolute atomic E-state index is 12.3. The SMILES string of the molecule is CC(C)CNC(=O)c1c(NC(=O)c2n[nH]c(Br)c2Br)cnn1C. The van der Waals surface area contributed by atoms with E-state index < -0.39 is 5.91 Å². The third kappa shape index (κ3) is 3.99. The zero-order valence-electron chi connectivity index (χ0n) is 12.8. The fourth-order valence-electron chi connectivity index (χ4n) is 1.82. The molecule has 0 saturated carbocycles. The van der Waals surface area contributed by atoms with E-state index >= 15 is 0 Å². The number of aromatic amines is 1. The quantitative estimate of drug-likeness (QED) is 0.653. The summed E-state index contributed by atoms with van der Waals surface area (Å²) < 4.78 is 2.48. The molecular weight excluding hydrogens is 432 g/mol. The molecule has 0 aliphatic heterocycles. The Bertz CT molecular complexity index is 737. The maximum atomic E-state index is 12.3. The van der Waals surface area contributed by atoms with E-state index in [0.717, 1.165) is 0 Å². The lowest BCUT2D eigenvalue weighted by atomic mass is 10.2. The molecule has 10 heteroatoms. The Hall–Kier alpha value is -1.68. The van der Waals surface area contributed by atoms with Crippen LogP contribution in [0.5, 0.6) is 0 Å². The van der Waals surface area contributed by atoms with Crippen LogP contribution in [0, 0.1) is 5.92 Å². The van der Waals surface area contributed by atoms with Gasteiger partial charge in [0.05, 0.1) is 16.4 Å². The number of carbonyl (C=O) groups excluding carboxylic acids is 2. The van der Waals surface area contributed by atoms with Gasteiger partial charge in [-0.25, -0.2) is 0 Å². The zero-order chi connectivity index (χ0) is 17.1. The average Bonchev–Trinajstić information content (AvgIpc) is 3.00. The number of hydrogen-bond acceptors (Lipinski definition) is 4. The van der Waals surface area contributed by atoms with E-state index in [1.165, 1.54) is 10.9 Å². The Morgan fingerprint density at radius 3 is 2.61 bits per heavy atom. The number of amides is 2. The first-order valence-corrected chi connectivity index (χ1v) is 8.40. The second-order valence-electron chi connectivity index (χ2n) is 5.29. The van der Waals surface area contributed by atoms with Gasteiger partial charge in [-0.05, 0) is 37.8 Å². The van der Waals surface area contributed by atoms with E-state index in [4.69, 9.17) is 0 Å². The van der Waals surface area contributed by atoms with Crippen LogP contribution in [0.2, 0.25) is 0 Å². The van der Waals surface area contributed by atoms with Crippen molar-refractivity contribution >= 4 is 49.4 Å². The molecule has 23 heavy (non-hydrogen) atoms. The molecule has 0 bridgehead atoms. The highest BCUT2D eigenvalue weighted by Crippen LogP contribution is 2.25. The van der Waals surface area contributed by atoms with Gasteiger partial charge in [0, 0.05) is 13.6 Å². The smallest absolute Gasteiger partial charge is 0.277 e. The van der Waals surface area contributed by atoms with Crippen molar-refractivity contribution in [3.8, 4) is 0 Å². The molecule has 0 saturated heterocycles. The van der Waals surface area contributed by atoms with Gasteiger partial charge in [-0.1, -0.05) is 13.8 Å². The van der Waals surface area contributed by atoms with Crippen molar-refractivity contribution in [2.45, 2.75) is 13.8 Å². The van der Waals surface area contributed by atoms with Gasteiger partial charge in [0.15, 0.2) is 5.69 Å². The van der Waals surface area contributed by atoms with Gasteiger partial charge in [0.25, 0.3) is 11.8 Å². The Kier molecular flexibility index (Phi) is 5.58. The summed E-state index contributed by atoms with van der Waals surface area (Å²) in [7, 11) is 1.64. The first-order valence-electron chi connectivity index (χ1n) is 6.82. The summed E-state index contributed by atoms with van der Waals surface area (Å²) in [5.41, 5.74) is 0.781. The van der Waals surface area contributed by atoms with Crippen molar-refractivity contribution in [3.05, 3.63) is 26.7 Å². The minimum Gasteiger partial charge on any atom is -0.350 e. The Balaban J connectivity index is 2.19. The number of aromatic nitrogens is 4. The van der Waals surface area contributed by atoms with Crippen LogP contribution < -0.4 is 10.6 Å². The molecular formula is C13H16Br2N6O2. The summed E-state index contributed by atoms with van der Waals surface area (Å²) in [4.78, 5) is 24.6. The number of rotatable bonds is 5. The molecule has 2 aromatic heterocycles. The lowest BCUT2D eigenvalue weighted by Gasteiger charge is -2.10. The fraction of sp³-hybridized carbons (Fsp3) is 0.385. The Morgan fingerprint density at radius 1 is 1.35 bits per heavy atom. The number of nitrogens with zero attached hydrogens (tertiary/aromatic N) is 3. The second kappa shape index (κ2) is 7.26. The predicted octanol–water partition coefficient (Wildman–Crippen LogP) is 2.31. The number of anilines is 1. The lowest BCUT2D eigenvalue weighted by molar-refractivity contribution is 0.0940. The number of halogens is 2. The molecule has 0 radical (unpaired) electrons. The van der Waals surface area contributed by atoms with Crippen molar-refractivity contribution in [1.29, 1.82) is 0 Å². The molecule has 0 aliphatic rings. The van der Waals surface area contributed by atoms with E-state index in [2.05, 4.69) is 57.8 Å². The van der Waals surface area contributed by atoms with Crippen LogP contribution in [0.4, 0.5) is 5.69 Å². The topological polar surface area (TPSA) is 105 Å². The molecule has 3 N–H and O–H groups in total. The summed E-state index contributed by atoms with van der Waals surface area (Å²) in [6, 6.07) is 0. The van der Waals surface area contributed by atoms with Crippen molar-refractivity contribution in [2.24, 2.45) is 13.0 Å². The third-order valence-corrected chi connectivity index (χ3v) is 4.83. The van der Waals surface area contributed by atoms with Crippen molar-refractivity contribution in [2.75, 3.05) is 11.9 Å². The number of carbonyl (C=O) groups is 2. The highest BCUT2D eigenvalue weighted by atomic mass is 79.9. The molecule has 0 atom stereocenters. The van der Waals surface area contributed by atoms with Crippen LogP contribution in [0.25, 0.3) is 0 Å². The van der Waals surface area contributed by atoms with Gasteiger partial charge in [-0.3, -0.25) is 19.4 Å². The van der Waals surface area contributed by atoms with Crippen LogP contribution in [-0.4, -0.2) is 38.3 Å². The Labute approximate surface area is 149 Å². The molecule has 2 aromatic rings. The number of H-pyrrole nitrogens is 1. The molecule has 2 rings (SSSR count). The summed E-state index contributed by atoms with van der Waals surface area (Å²) >= 11 is 6.48. The van der Waals surface area contributed by atoms with Gasteiger partial charge in [-0.15, -0.1) is 0 Å². The second-order valence-corrected chi connectivity index (χ2v) is 6.87. The number of aryl methyl sites for hydroxylation is 1.